The van der Waals surface area contributed by atoms with Crippen LogP contribution in [-0.2, 0) is 4.79 Å². The lowest BCUT2D eigenvalue weighted by atomic mass is 10.2. The second-order valence-electron chi connectivity index (χ2n) is 4.60. The molecule has 0 aromatic heterocycles. The van der Waals surface area contributed by atoms with Crippen LogP contribution in [0.3, 0.4) is 0 Å². The van der Waals surface area contributed by atoms with Crippen LogP contribution in [0.1, 0.15) is 46.5 Å². The van der Waals surface area contributed by atoms with Gasteiger partial charge >= 0.3 is 0 Å². The lowest BCUT2D eigenvalue weighted by Crippen LogP contribution is -2.20. The number of carbonyl (C=O) groups is 1. The number of nitrogens with zero attached hydrogens (tertiary/aromatic N) is 3. The summed E-state index contributed by atoms with van der Waals surface area (Å²) in [6.45, 7) is 6.89. The topological polar surface area (TPSA) is 45.0 Å². The highest BCUT2D eigenvalue weighted by Gasteiger charge is 2.15. The molecule has 0 aromatic rings. The number of allylic oxidation sites excluding steroid dienone is 1. The molecule has 1 rings (SSSR count). The predicted molar refractivity (Wildman–Crippen MR) is 76.1 cm³/mol. The Morgan fingerprint density at radius 1 is 1.50 bits per heavy atom. The molecule has 0 radical (unpaired) electrons. The number of amides is 1. The number of amidine groups is 2. The molecule has 0 saturated carbocycles. The minimum absolute atomic E-state index is 0.0845. The van der Waals surface area contributed by atoms with Crippen molar-refractivity contribution < 1.29 is 4.79 Å². The summed E-state index contributed by atoms with van der Waals surface area (Å²) in [6.07, 6.45) is 5.34. The molecule has 0 aliphatic carbocycles. The van der Waals surface area contributed by atoms with Gasteiger partial charge in [-0.05, 0) is 32.3 Å². The van der Waals surface area contributed by atoms with Gasteiger partial charge in [0.2, 0.25) is 5.91 Å². The van der Waals surface area contributed by atoms with Crippen molar-refractivity contribution in [3.8, 4) is 0 Å². The van der Waals surface area contributed by atoms with E-state index in [0.717, 1.165) is 37.2 Å². The van der Waals surface area contributed by atoms with Crippen molar-refractivity contribution in [2.75, 3.05) is 13.6 Å². The van der Waals surface area contributed by atoms with Gasteiger partial charge in [-0.2, -0.15) is 4.99 Å². The van der Waals surface area contributed by atoms with Crippen LogP contribution in [0.25, 0.3) is 0 Å². The van der Waals surface area contributed by atoms with Crippen LogP contribution in [0.5, 0.6) is 0 Å². The molecule has 4 nitrogen and oxygen atoms in total. The van der Waals surface area contributed by atoms with Crippen LogP contribution in [0.2, 0.25) is 0 Å². The van der Waals surface area contributed by atoms with Crippen LogP contribution in [0.4, 0.5) is 0 Å². The fourth-order valence-corrected chi connectivity index (χ4v) is 1.78. The summed E-state index contributed by atoms with van der Waals surface area (Å²) in [6, 6.07) is 0. The van der Waals surface area contributed by atoms with Gasteiger partial charge in [0, 0.05) is 26.4 Å². The van der Waals surface area contributed by atoms with E-state index in [9.17, 15) is 4.79 Å². The fourth-order valence-electron chi connectivity index (χ4n) is 1.78. The second kappa shape index (κ2) is 7.09. The normalized spacial score (nSPS) is 19.8. The molecule has 4 heteroatoms. The molecule has 1 amide bonds. The maximum absolute atomic E-state index is 11.6. The Bertz CT molecular complexity index is 394. The average molecular weight is 249 g/mol. The van der Waals surface area contributed by atoms with Crippen LogP contribution in [0, 0.1) is 0 Å². The highest BCUT2D eigenvalue weighted by Crippen LogP contribution is 2.11. The number of rotatable bonds is 3. The fraction of sp³-hybridized carbons (Fsp3) is 0.643. The molecule has 18 heavy (non-hydrogen) atoms. The van der Waals surface area contributed by atoms with E-state index in [4.69, 9.17) is 0 Å². The first-order valence-corrected chi connectivity index (χ1v) is 6.62. The van der Waals surface area contributed by atoms with E-state index < -0.39 is 0 Å². The van der Waals surface area contributed by atoms with E-state index in [2.05, 4.69) is 14.9 Å². The van der Waals surface area contributed by atoms with Crippen molar-refractivity contribution in [1.29, 1.82) is 0 Å². The summed E-state index contributed by atoms with van der Waals surface area (Å²) in [5.41, 5.74) is 0.951. The third kappa shape index (κ3) is 4.09. The summed E-state index contributed by atoms with van der Waals surface area (Å²) >= 11 is 0. The van der Waals surface area contributed by atoms with E-state index >= 15 is 0 Å². The SMILES string of the molecule is C/C=C(/C)C(=NC(=O)CCC)N=C1CCCN1C. The van der Waals surface area contributed by atoms with E-state index in [-0.39, 0.29) is 5.91 Å². The molecule has 1 fully saturated rings. The number of hydrogen-bond acceptors (Lipinski definition) is 1. The molecule has 0 N–H and O–H groups in total. The molecular formula is C14H23N3O. The Labute approximate surface area is 110 Å². The van der Waals surface area contributed by atoms with Gasteiger partial charge in [0.15, 0.2) is 5.84 Å². The maximum atomic E-state index is 11.6. The highest BCUT2D eigenvalue weighted by molar-refractivity contribution is 6.10. The molecule has 0 aromatic carbocycles. The van der Waals surface area contributed by atoms with Gasteiger partial charge in [0.25, 0.3) is 0 Å². The zero-order valence-corrected chi connectivity index (χ0v) is 11.9. The molecular weight excluding hydrogens is 226 g/mol. The Kier molecular flexibility index (Phi) is 5.75. The third-order valence-corrected chi connectivity index (χ3v) is 3.05. The summed E-state index contributed by atoms with van der Waals surface area (Å²) in [5.74, 6) is 1.51. The summed E-state index contributed by atoms with van der Waals surface area (Å²) < 4.78 is 0. The lowest BCUT2D eigenvalue weighted by molar-refractivity contribution is -0.117. The number of carbonyl (C=O) groups excluding carboxylic acids is 1. The molecule has 0 bridgehead atoms. The smallest absolute Gasteiger partial charge is 0.247 e. The summed E-state index contributed by atoms with van der Waals surface area (Å²) in [4.78, 5) is 22.4. The van der Waals surface area contributed by atoms with E-state index in [1.165, 1.54) is 0 Å². The van der Waals surface area contributed by atoms with E-state index in [1.54, 1.807) is 0 Å². The molecule has 1 aliphatic heterocycles. The number of hydrogen-bond donors (Lipinski definition) is 0. The Morgan fingerprint density at radius 2 is 2.22 bits per heavy atom. The quantitative estimate of drug-likeness (QED) is 0.570. The molecule has 1 heterocycles. The van der Waals surface area contributed by atoms with Gasteiger partial charge in [-0.25, -0.2) is 4.99 Å². The number of aliphatic imine (C=N–C) groups is 2. The first-order chi connectivity index (χ1) is 8.58. The first-order valence-electron chi connectivity index (χ1n) is 6.62. The summed E-state index contributed by atoms with van der Waals surface area (Å²) in [5, 5.41) is 0. The largest absolute Gasteiger partial charge is 0.363 e. The van der Waals surface area contributed by atoms with Crippen molar-refractivity contribution >= 4 is 17.6 Å². The minimum Gasteiger partial charge on any atom is -0.363 e. The van der Waals surface area contributed by atoms with Crippen molar-refractivity contribution in [3.05, 3.63) is 11.6 Å². The lowest BCUT2D eigenvalue weighted by Gasteiger charge is -2.11. The molecule has 0 spiro atoms. The zero-order valence-electron chi connectivity index (χ0n) is 11.9. The maximum Gasteiger partial charge on any atom is 0.247 e. The van der Waals surface area contributed by atoms with Crippen molar-refractivity contribution in [2.45, 2.75) is 46.5 Å². The molecule has 1 aliphatic rings. The van der Waals surface area contributed by atoms with Gasteiger partial charge in [0.1, 0.15) is 5.84 Å². The van der Waals surface area contributed by atoms with Crippen molar-refractivity contribution in [3.63, 3.8) is 0 Å². The zero-order chi connectivity index (χ0) is 13.5. The van der Waals surface area contributed by atoms with Gasteiger partial charge < -0.3 is 4.90 Å². The Balaban J connectivity index is 2.96. The van der Waals surface area contributed by atoms with Crippen LogP contribution < -0.4 is 0 Å². The van der Waals surface area contributed by atoms with Crippen LogP contribution in [-0.4, -0.2) is 36.1 Å². The van der Waals surface area contributed by atoms with Crippen molar-refractivity contribution in [1.82, 2.24) is 4.90 Å². The van der Waals surface area contributed by atoms with E-state index in [0.29, 0.717) is 12.3 Å². The van der Waals surface area contributed by atoms with Gasteiger partial charge in [-0.3, -0.25) is 4.79 Å². The third-order valence-electron chi connectivity index (χ3n) is 3.05. The number of likely N-dealkylation sites (tertiary alicyclic amines) is 1. The molecule has 1 saturated heterocycles. The average Bonchev–Trinajstić information content (AvgIpc) is 2.73. The molecule has 0 unspecified atom stereocenters. The molecule has 100 valence electrons. The monoisotopic (exact) mass is 249 g/mol. The highest BCUT2D eigenvalue weighted by atomic mass is 16.1. The predicted octanol–water partition coefficient (Wildman–Crippen LogP) is 2.80. The van der Waals surface area contributed by atoms with Gasteiger partial charge in [-0.15, -0.1) is 0 Å². The van der Waals surface area contributed by atoms with Crippen LogP contribution >= 0.6 is 0 Å². The standard InChI is InChI=1S/C14H23N3O/c1-5-8-13(18)16-14(11(3)6-2)15-12-9-7-10-17(12)4/h6H,5,7-10H2,1-4H3/b11-6-,15-12?,16-14?. The Morgan fingerprint density at radius 3 is 2.72 bits per heavy atom. The minimum atomic E-state index is -0.0845. The molecule has 0 atom stereocenters. The van der Waals surface area contributed by atoms with Crippen molar-refractivity contribution in [2.24, 2.45) is 9.98 Å². The van der Waals surface area contributed by atoms with Gasteiger partial charge in [-0.1, -0.05) is 13.0 Å². The second-order valence-corrected chi connectivity index (χ2v) is 4.60. The summed E-state index contributed by atoms with van der Waals surface area (Å²) in [7, 11) is 2.03. The van der Waals surface area contributed by atoms with Crippen LogP contribution in [0.15, 0.2) is 21.6 Å². The Hall–Kier alpha value is -1.45. The van der Waals surface area contributed by atoms with E-state index in [1.807, 2.05) is 33.9 Å². The van der Waals surface area contributed by atoms with Gasteiger partial charge in [0.05, 0.1) is 0 Å². The first kappa shape index (κ1) is 14.6.